The van der Waals surface area contributed by atoms with Crippen molar-refractivity contribution in [3.05, 3.63) is 23.0 Å². The molecule has 21 heavy (non-hydrogen) atoms. The molecule has 3 atom stereocenters. The third kappa shape index (κ3) is 4.26. The summed E-state index contributed by atoms with van der Waals surface area (Å²) in [5, 5.41) is 12.3. The van der Waals surface area contributed by atoms with Gasteiger partial charge < -0.3 is 5.32 Å². The van der Waals surface area contributed by atoms with E-state index in [1.165, 1.54) is 31.2 Å². The van der Waals surface area contributed by atoms with Crippen LogP contribution in [0.1, 0.15) is 69.4 Å². The average molecular weight is 289 g/mol. The van der Waals surface area contributed by atoms with E-state index in [9.17, 15) is 0 Å². The molecule has 1 aromatic rings. The number of aromatic nitrogens is 2. The van der Waals surface area contributed by atoms with Crippen molar-refractivity contribution in [3.8, 4) is 0 Å². The molecule has 3 nitrogen and oxygen atoms in total. The van der Waals surface area contributed by atoms with Crippen LogP contribution in [0.3, 0.4) is 0 Å². The Hall–Kier alpha value is -0.960. The lowest BCUT2D eigenvalue weighted by Crippen LogP contribution is -2.34. The second kappa shape index (κ2) is 7.35. The summed E-state index contributed by atoms with van der Waals surface area (Å²) in [5.41, 5.74) is 3.47. The normalized spacial score (nSPS) is 27.6. The predicted octanol–water partition coefficient (Wildman–Crippen LogP) is 4.21. The summed E-state index contributed by atoms with van der Waals surface area (Å²) in [7, 11) is 0. The van der Waals surface area contributed by atoms with Gasteiger partial charge in [0.05, 0.1) is 11.4 Å². The molecule has 0 aromatic carbocycles. The molecule has 0 spiro atoms. The highest BCUT2D eigenvalue weighted by Crippen LogP contribution is 2.40. The fourth-order valence-electron chi connectivity index (χ4n) is 4.00. The summed E-state index contributed by atoms with van der Waals surface area (Å²) in [5.74, 6) is 2.39. The van der Waals surface area contributed by atoms with Crippen molar-refractivity contribution in [2.45, 2.75) is 66.3 Å². The summed E-state index contributed by atoms with van der Waals surface area (Å²) in [6, 6.07) is 2.67. The van der Waals surface area contributed by atoms with Crippen molar-refractivity contribution in [2.24, 2.45) is 17.8 Å². The van der Waals surface area contributed by atoms with E-state index < -0.39 is 0 Å². The van der Waals surface area contributed by atoms with Gasteiger partial charge in [-0.3, -0.25) is 0 Å². The Kier molecular flexibility index (Phi) is 5.74. The minimum atomic E-state index is 0.435. The van der Waals surface area contributed by atoms with E-state index >= 15 is 0 Å². The fraction of sp³-hybridized carbons (Fsp3) is 0.778. The topological polar surface area (TPSA) is 37.8 Å². The third-order valence-corrected chi connectivity index (χ3v) is 4.78. The lowest BCUT2D eigenvalue weighted by molar-refractivity contribution is 0.176. The van der Waals surface area contributed by atoms with Gasteiger partial charge in [-0.2, -0.15) is 10.2 Å². The zero-order valence-corrected chi connectivity index (χ0v) is 14.3. The summed E-state index contributed by atoms with van der Waals surface area (Å²) in [4.78, 5) is 0. The van der Waals surface area contributed by atoms with Crippen LogP contribution in [0.2, 0.25) is 0 Å². The largest absolute Gasteiger partial charge is 0.310 e. The maximum absolute atomic E-state index is 4.35. The highest BCUT2D eigenvalue weighted by Gasteiger charge is 2.31. The van der Waals surface area contributed by atoms with E-state index in [-0.39, 0.29) is 0 Å². The fourth-order valence-corrected chi connectivity index (χ4v) is 4.00. The molecule has 0 amide bonds. The third-order valence-electron chi connectivity index (χ3n) is 4.78. The number of nitrogens with one attached hydrogen (secondary N) is 1. The summed E-state index contributed by atoms with van der Waals surface area (Å²) < 4.78 is 0. The van der Waals surface area contributed by atoms with Gasteiger partial charge in [0.25, 0.3) is 0 Å². The van der Waals surface area contributed by atoms with Crippen molar-refractivity contribution < 1.29 is 0 Å². The zero-order chi connectivity index (χ0) is 15.4. The molecule has 1 heterocycles. The number of hydrogen-bond acceptors (Lipinski definition) is 3. The second-order valence-corrected chi connectivity index (χ2v) is 7.14. The average Bonchev–Trinajstić information content (AvgIpc) is 2.42. The quantitative estimate of drug-likeness (QED) is 0.882. The highest BCUT2D eigenvalue weighted by atomic mass is 15.1. The van der Waals surface area contributed by atoms with Gasteiger partial charge in [-0.05, 0) is 75.5 Å². The van der Waals surface area contributed by atoms with Crippen LogP contribution in [0, 0.1) is 31.6 Å². The van der Waals surface area contributed by atoms with Crippen LogP contribution in [0.15, 0.2) is 6.07 Å². The van der Waals surface area contributed by atoms with E-state index in [0.717, 1.165) is 35.7 Å². The van der Waals surface area contributed by atoms with Gasteiger partial charge in [0, 0.05) is 6.04 Å². The number of aryl methyl sites for hydroxylation is 2. The predicted molar refractivity (Wildman–Crippen MR) is 88.2 cm³/mol. The first-order chi connectivity index (χ1) is 10.0. The van der Waals surface area contributed by atoms with Gasteiger partial charge in [-0.15, -0.1) is 0 Å². The molecule has 0 radical (unpaired) electrons. The molecule has 2 rings (SSSR count). The van der Waals surface area contributed by atoms with Crippen LogP contribution in [0.4, 0.5) is 0 Å². The van der Waals surface area contributed by atoms with E-state index in [2.05, 4.69) is 49.3 Å². The minimum Gasteiger partial charge on any atom is -0.310 e. The number of rotatable bonds is 5. The van der Waals surface area contributed by atoms with Crippen LogP contribution in [-0.4, -0.2) is 16.7 Å². The van der Waals surface area contributed by atoms with Gasteiger partial charge in [-0.1, -0.05) is 20.8 Å². The standard InChI is InChI=1S/C18H31N3/c1-6-7-19-18(16-9-12(2)8-13(3)10-16)17-11-14(4)20-21-15(17)5/h11-13,16,18-19H,6-10H2,1-5H3. The molecule has 1 fully saturated rings. The monoisotopic (exact) mass is 289 g/mol. The van der Waals surface area contributed by atoms with E-state index in [1.54, 1.807) is 0 Å². The maximum atomic E-state index is 4.35. The van der Waals surface area contributed by atoms with Crippen LogP contribution >= 0.6 is 0 Å². The van der Waals surface area contributed by atoms with Crippen LogP contribution in [0.5, 0.6) is 0 Å². The van der Waals surface area contributed by atoms with Gasteiger partial charge >= 0.3 is 0 Å². The molecule has 1 aliphatic rings. The van der Waals surface area contributed by atoms with Crippen LogP contribution in [-0.2, 0) is 0 Å². The molecule has 1 aliphatic carbocycles. The van der Waals surface area contributed by atoms with E-state index in [0.29, 0.717) is 6.04 Å². The highest BCUT2D eigenvalue weighted by molar-refractivity contribution is 5.24. The number of hydrogen-bond donors (Lipinski definition) is 1. The molecular weight excluding hydrogens is 258 g/mol. The lowest BCUT2D eigenvalue weighted by atomic mass is 9.72. The minimum absolute atomic E-state index is 0.435. The molecule has 0 saturated heterocycles. The van der Waals surface area contributed by atoms with Crippen molar-refractivity contribution in [2.75, 3.05) is 6.54 Å². The van der Waals surface area contributed by atoms with E-state index in [4.69, 9.17) is 0 Å². The smallest absolute Gasteiger partial charge is 0.0648 e. The summed E-state index contributed by atoms with van der Waals surface area (Å²) >= 11 is 0. The van der Waals surface area contributed by atoms with Gasteiger partial charge in [0.15, 0.2) is 0 Å². The van der Waals surface area contributed by atoms with E-state index in [1.807, 2.05) is 6.92 Å². The first-order valence-electron chi connectivity index (χ1n) is 8.55. The lowest BCUT2D eigenvalue weighted by Gasteiger charge is -2.37. The van der Waals surface area contributed by atoms with Crippen LogP contribution < -0.4 is 5.32 Å². The van der Waals surface area contributed by atoms with Crippen LogP contribution in [0.25, 0.3) is 0 Å². The Bertz CT molecular complexity index is 448. The Morgan fingerprint density at radius 2 is 1.81 bits per heavy atom. The molecule has 118 valence electrons. The molecule has 0 aliphatic heterocycles. The van der Waals surface area contributed by atoms with Crippen molar-refractivity contribution in [1.82, 2.24) is 15.5 Å². The maximum Gasteiger partial charge on any atom is 0.0648 e. The molecular formula is C18H31N3. The zero-order valence-electron chi connectivity index (χ0n) is 14.3. The molecule has 1 saturated carbocycles. The second-order valence-electron chi connectivity index (χ2n) is 7.14. The Morgan fingerprint density at radius 3 is 2.43 bits per heavy atom. The molecule has 3 heteroatoms. The number of nitrogens with zero attached hydrogens (tertiary/aromatic N) is 2. The van der Waals surface area contributed by atoms with Gasteiger partial charge in [0.1, 0.15) is 0 Å². The van der Waals surface area contributed by atoms with Gasteiger partial charge in [-0.25, -0.2) is 0 Å². The summed E-state index contributed by atoms with van der Waals surface area (Å²) in [6.45, 7) is 12.3. The molecule has 1 N–H and O–H groups in total. The molecule has 1 aromatic heterocycles. The summed E-state index contributed by atoms with van der Waals surface area (Å²) in [6.07, 6.45) is 5.20. The first-order valence-corrected chi connectivity index (χ1v) is 8.55. The SMILES string of the molecule is CCCNC(c1cc(C)nnc1C)C1CC(C)CC(C)C1. The Morgan fingerprint density at radius 1 is 1.14 bits per heavy atom. The van der Waals surface area contributed by atoms with Crippen molar-refractivity contribution in [1.29, 1.82) is 0 Å². The van der Waals surface area contributed by atoms with Crippen molar-refractivity contribution >= 4 is 0 Å². The van der Waals surface area contributed by atoms with Gasteiger partial charge in [0.2, 0.25) is 0 Å². The Balaban J connectivity index is 2.26. The molecule has 0 bridgehead atoms. The van der Waals surface area contributed by atoms with Crippen molar-refractivity contribution in [3.63, 3.8) is 0 Å². The molecule has 3 unspecified atom stereocenters. The first kappa shape index (κ1) is 16.4. The Labute approximate surface area is 129 Å².